The van der Waals surface area contributed by atoms with Gasteiger partial charge in [-0.1, -0.05) is 12.1 Å². The zero-order valence-corrected chi connectivity index (χ0v) is 14.0. The van der Waals surface area contributed by atoms with Crippen molar-refractivity contribution in [1.82, 2.24) is 4.98 Å². The summed E-state index contributed by atoms with van der Waals surface area (Å²) in [4.78, 5) is 4.43. The summed E-state index contributed by atoms with van der Waals surface area (Å²) in [7, 11) is 0. The Bertz CT molecular complexity index is 724. The average molecular weight is 392 g/mol. The number of halogens is 1. The molecule has 4 N–H and O–H groups in total. The van der Waals surface area contributed by atoms with Crippen LogP contribution < -0.4 is 11.1 Å². The van der Waals surface area contributed by atoms with Gasteiger partial charge in [-0.2, -0.15) is 0 Å². The highest BCUT2D eigenvalue weighted by Crippen LogP contribution is 2.32. The number of hydrogen-bond donors (Lipinski definition) is 3. The first-order valence-corrected chi connectivity index (χ1v) is 8.03. The molecule has 0 saturated heterocycles. The second-order valence-corrected chi connectivity index (χ2v) is 6.46. The summed E-state index contributed by atoms with van der Waals surface area (Å²) >= 11 is 2.23. The number of benzene rings is 1. The molecule has 5 heteroatoms. The molecule has 0 aliphatic heterocycles. The summed E-state index contributed by atoms with van der Waals surface area (Å²) in [6.07, 6.45) is 3.48. The van der Waals surface area contributed by atoms with E-state index in [0.29, 0.717) is 17.1 Å². The Morgan fingerprint density at radius 1 is 1.38 bits per heavy atom. The molecule has 108 valence electrons. The van der Waals surface area contributed by atoms with Crippen molar-refractivity contribution in [3.8, 4) is 0 Å². The highest BCUT2D eigenvalue weighted by Gasteiger charge is 2.16. The maximum Gasteiger partial charge on any atom is 0.146 e. The van der Waals surface area contributed by atoms with Crippen molar-refractivity contribution in [2.75, 3.05) is 11.1 Å². The lowest BCUT2D eigenvalue weighted by atomic mass is 10.1. The van der Waals surface area contributed by atoms with Gasteiger partial charge in [0.15, 0.2) is 0 Å². The number of nitrogen functional groups attached to an aromatic ring is 1. The minimum atomic E-state index is 0.401. The molecule has 0 unspecified atom stereocenters. The number of nitrogens with one attached hydrogen (secondary N) is 2. The number of nitrogens with two attached hydrogens (primary N) is 1. The topological polar surface area (TPSA) is 74.8 Å². The molecule has 21 heavy (non-hydrogen) atoms. The van der Waals surface area contributed by atoms with E-state index in [1.54, 1.807) is 6.92 Å². The van der Waals surface area contributed by atoms with Crippen molar-refractivity contribution in [2.45, 2.75) is 26.2 Å². The number of rotatable bonds is 3. The van der Waals surface area contributed by atoms with Crippen molar-refractivity contribution in [3.63, 3.8) is 0 Å². The highest BCUT2D eigenvalue weighted by atomic mass is 127. The van der Waals surface area contributed by atoms with Crippen LogP contribution in [0.4, 0.5) is 17.3 Å². The maximum atomic E-state index is 7.72. The van der Waals surface area contributed by atoms with Crippen LogP contribution in [0.25, 0.3) is 0 Å². The average Bonchev–Trinajstić information content (AvgIpc) is 2.91. The van der Waals surface area contributed by atoms with E-state index in [2.05, 4.69) is 51.1 Å². The fraction of sp³-hybridized carbons (Fsp3) is 0.250. The molecule has 1 aliphatic carbocycles. The van der Waals surface area contributed by atoms with Gasteiger partial charge in [-0.05, 0) is 72.0 Å². The molecule has 0 fully saturated rings. The number of anilines is 3. The van der Waals surface area contributed by atoms with E-state index in [1.807, 2.05) is 6.07 Å². The smallest absolute Gasteiger partial charge is 0.146 e. The normalized spacial score (nSPS) is 13.0. The van der Waals surface area contributed by atoms with Gasteiger partial charge in [0.25, 0.3) is 0 Å². The van der Waals surface area contributed by atoms with Crippen molar-refractivity contribution < 1.29 is 0 Å². The maximum absolute atomic E-state index is 7.72. The fourth-order valence-corrected chi connectivity index (χ4v) is 3.32. The van der Waals surface area contributed by atoms with Crippen LogP contribution in [0.5, 0.6) is 0 Å². The lowest BCUT2D eigenvalue weighted by molar-refractivity contribution is 0.912. The minimum absolute atomic E-state index is 0.401. The Hall–Kier alpha value is -1.63. The standard InChI is InChI=1S/C16H17IN4/c1-9(18)12-8-13(17)16(21-15(12)19)20-14-7-3-5-10-4-2-6-11(10)14/h3,5,7-8,18H,2,4,6H2,1H3,(H3,19,20,21). The quantitative estimate of drug-likeness (QED) is 0.548. The van der Waals surface area contributed by atoms with E-state index in [-0.39, 0.29) is 0 Å². The summed E-state index contributed by atoms with van der Waals surface area (Å²) < 4.78 is 0.971. The minimum Gasteiger partial charge on any atom is -0.383 e. The third-order valence-electron chi connectivity index (χ3n) is 3.81. The van der Waals surface area contributed by atoms with Gasteiger partial charge < -0.3 is 16.5 Å². The predicted molar refractivity (Wildman–Crippen MR) is 95.6 cm³/mol. The van der Waals surface area contributed by atoms with Crippen molar-refractivity contribution in [2.24, 2.45) is 0 Å². The van der Waals surface area contributed by atoms with E-state index in [4.69, 9.17) is 11.1 Å². The molecular weight excluding hydrogens is 375 g/mol. The molecule has 1 aliphatic rings. The molecule has 4 nitrogen and oxygen atoms in total. The van der Waals surface area contributed by atoms with E-state index in [1.165, 1.54) is 17.5 Å². The van der Waals surface area contributed by atoms with E-state index in [9.17, 15) is 0 Å². The largest absolute Gasteiger partial charge is 0.383 e. The van der Waals surface area contributed by atoms with Gasteiger partial charge in [-0.25, -0.2) is 4.98 Å². The summed E-state index contributed by atoms with van der Waals surface area (Å²) in [5.41, 5.74) is 11.0. The number of fused-ring (bicyclic) bond motifs is 1. The molecule has 0 radical (unpaired) electrons. The SMILES string of the molecule is CC(=N)c1cc(I)c(Nc2cccc3c2CCC3)nc1N. The molecule has 0 atom stereocenters. The highest BCUT2D eigenvalue weighted by molar-refractivity contribution is 14.1. The number of hydrogen-bond acceptors (Lipinski definition) is 4. The van der Waals surface area contributed by atoms with E-state index in [0.717, 1.165) is 27.9 Å². The second kappa shape index (κ2) is 5.63. The number of nitrogens with zero attached hydrogens (tertiary/aromatic N) is 1. The predicted octanol–water partition coefficient (Wildman–Crippen LogP) is 3.89. The van der Waals surface area contributed by atoms with Crippen LogP contribution in [0.3, 0.4) is 0 Å². The molecule has 1 aromatic heterocycles. The van der Waals surface area contributed by atoms with Crippen LogP contribution in [0.15, 0.2) is 24.3 Å². The van der Waals surface area contributed by atoms with Gasteiger partial charge in [0.1, 0.15) is 11.6 Å². The van der Waals surface area contributed by atoms with E-state index < -0.39 is 0 Å². The third kappa shape index (κ3) is 2.74. The van der Waals surface area contributed by atoms with Crippen LogP contribution in [-0.4, -0.2) is 10.7 Å². The van der Waals surface area contributed by atoms with Crippen LogP contribution in [0.1, 0.15) is 30.0 Å². The second-order valence-electron chi connectivity index (χ2n) is 5.30. The van der Waals surface area contributed by atoms with Crippen LogP contribution >= 0.6 is 22.6 Å². The third-order valence-corrected chi connectivity index (χ3v) is 4.63. The van der Waals surface area contributed by atoms with Crippen molar-refractivity contribution >= 4 is 45.6 Å². The molecule has 1 heterocycles. The number of aryl methyl sites for hydroxylation is 1. The van der Waals surface area contributed by atoms with Gasteiger partial charge in [0.05, 0.1) is 3.57 Å². The molecule has 0 saturated carbocycles. The summed E-state index contributed by atoms with van der Waals surface area (Å²) in [5.74, 6) is 1.16. The number of pyridine rings is 1. The van der Waals surface area contributed by atoms with Crippen molar-refractivity contribution in [3.05, 3.63) is 44.5 Å². The van der Waals surface area contributed by atoms with Crippen LogP contribution in [-0.2, 0) is 12.8 Å². The Labute approximate surface area is 137 Å². The van der Waals surface area contributed by atoms with Gasteiger partial charge >= 0.3 is 0 Å². The Morgan fingerprint density at radius 2 is 2.19 bits per heavy atom. The molecule has 2 aromatic rings. The van der Waals surface area contributed by atoms with Crippen LogP contribution in [0.2, 0.25) is 0 Å². The number of aromatic nitrogens is 1. The lowest BCUT2D eigenvalue weighted by Crippen LogP contribution is -2.07. The Kier molecular flexibility index (Phi) is 3.84. The van der Waals surface area contributed by atoms with Crippen molar-refractivity contribution in [1.29, 1.82) is 5.41 Å². The molecule has 1 aromatic carbocycles. The molecule has 0 spiro atoms. The first kappa shape index (κ1) is 14.3. The molecule has 0 amide bonds. The van der Waals surface area contributed by atoms with Gasteiger partial charge in [-0.3, -0.25) is 0 Å². The first-order chi connectivity index (χ1) is 10.1. The summed E-state index contributed by atoms with van der Waals surface area (Å²) in [5, 5.41) is 11.1. The lowest BCUT2D eigenvalue weighted by Gasteiger charge is -2.14. The Balaban J connectivity index is 1.98. The van der Waals surface area contributed by atoms with Gasteiger partial charge in [0, 0.05) is 17.0 Å². The molecular formula is C16H17IN4. The van der Waals surface area contributed by atoms with Crippen LogP contribution in [0, 0.1) is 8.98 Å². The van der Waals surface area contributed by atoms with E-state index >= 15 is 0 Å². The molecule has 3 rings (SSSR count). The summed E-state index contributed by atoms with van der Waals surface area (Å²) in [6.45, 7) is 1.72. The zero-order valence-electron chi connectivity index (χ0n) is 11.8. The summed E-state index contributed by atoms with van der Waals surface area (Å²) in [6, 6.07) is 8.28. The Morgan fingerprint density at radius 3 is 2.95 bits per heavy atom. The fourth-order valence-electron chi connectivity index (χ4n) is 2.76. The van der Waals surface area contributed by atoms with Gasteiger partial charge in [0.2, 0.25) is 0 Å². The van der Waals surface area contributed by atoms with Gasteiger partial charge in [-0.15, -0.1) is 0 Å². The zero-order chi connectivity index (χ0) is 15.0. The molecule has 0 bridgehead atoms. The monoisotopic (exact) mass is 392 g/mol. The first-order valence-electron chi connectivity index (χ1n) is 6.95.